The van der Waals surface area contributed by atoms with E-state index in [-0.39, 0.29) is 6.42 Å². The number of phosphoric ester groups is 1. The molecular weight excluding hydrogens is 765 g/mol. The molecule has 8 unspecified atom stereocenters. The minimum atomic E-state index is -5.15. The molecule has 0 bridgehead atoms. The molecule has 1 fully saturated rings. The largest absolute Gasteiger partial charge is 0.472 e. The van der Waals surface area contributed by atoms with Crippen LogP contribution in [0.4, 0.5) is 0 Å². The van der Waals surface area contributed by atoms with E-state index >= 15 is 0 Å². The van der Waals surface area contributed by atoms with Gasteiger partial charge in [-0.3, -0.25) is 13.8 Å². The van der Waals surface area contributed by atoms with Gasteiger partial charge in [-0.1, -0.05) is 146 Å². The van der Waals surface area contributed by atoms with Gasteiger partial charge in [0.05, 0.1) is 31.3 Å². The zero-order valence-electron chi connectivity index (χ0n) is 35.4. The van der Waals surface area contributed by atoms with Crippen molar-refractivity contribution in [2.45, 2.75) is 216 Å². The SMILES string of the molecule is CCCCC/C=C\C=C/CCCCCCC(O)CC(=O)NC(COP(=O)(O)OC1C(O)C(O)C(O)C(O)C1O)C(O)/C=C/CC/C=C/CCCCCCCCCCC. The van der Waals surface area contributed by atoms with Crippen molar-refractivity contribution in [3.8, 4) is 0 Å². The zero-order valence-corrected chi connectivity index (χ0v) is 36.3. The van der Waals surface area contributed by atoms with Gasteiger partial charge in [-0.2, -0.15) is 0 Å². The lowest BCUT2D eigenvalue weighted by molar-refractivity contribution is -0.220. The van der Waals surface area contributed by atoms with Gasteiger partial charge in [-0.15, -0.1) is 0 Å². The molecule has 0 aromatic rings. The minimum absolute atomic E-state index is 0.268. The molecule has 1 amide bonds. The summed E-state index contributed by atoms with van der Waals surface area (Å²) < 4.78 is 22.8. The molecule has 1 aliphatic rings. The summed E-state index contributed by atoms with van der Waals surface area (Å²) in [6.45, 7) is 3.66. The summed E-state index contributed by atoms with van der Waals surface area (Å²) in [5.74, 6) is -0.618. The first-order valence-electron chi connectivity index (χ1n) is 22.2. The van der Waals surface area contributed by atoms with Crippen molar-refractivity contribution in [3.63, 3.8) is 0 Å². The van der Waals surface area contributed by atoms with E-state index in [0.29, 0.717) is 12.8 Å². The Kier molecular flexibility index (Phi) is 31.7. The minimum Gasteiger partial charge on any atom is -0.393 e. The number of hydrogen-bond acceptors (Lipinski definition) is 11. The van der Waals surface area contributed by atoms with Gasteiger partial charge in [0.15, 0.2) is 0 Å². The molecule has 8 atom stereocenters. The summed E-state index contributed by atoms with van der Waals surface area (Å²) in [5, 5.41) is 74.3. The average Bonchev–Trinajstić information content (AvgIpc) is 3.19. The first-order valence-corrected chi connectivity index (χ1v) is 23.7. The molecule has 338 valence electrons. The van der Waals surface area contributed by atoms with E-state index in [1.165, 1.54) is 76.7 Å². The second-order valence-corrected chi connectivity index (χ2v) is 17.2. The van der Waals surface area contributed by atoms with E-state index in [4.69, 9.17) is 9.05 Å². The lowest BCUT2D eigenvalue weighted by atomic mass is 9.85. The van der Waals surface area contributed by atoms with Crippen molar-refractivity contribution < 1.29 is 59.0 Å². The molecule has 0 saturated heterocycles. The maximum atomic E-state index is 13.0. The van der Waals surface area contributed by atoms with Gasteiger partial charge in [0, 0.05) is 0 Å². The Bertz CT molecular complexity index is 1180. The highest BCUT2D eigenvalue weighted by atomic mass is 31.2. The third-order valence-corrected chi connectivity index (χ3v) is 11.4. The number of allylic oxidation sites excluding steroid dienone is 7. The predicted octanol–water partition coefficient (Wildman–Crippen LogP) is 6.75. The summed E-state index contributed by atoms with van der Waals surface area (Å²) in [6, 6.07) is -1.26. The van der Waals surface area contributed by atoms with Crippen molar-refractivity contribution in [3.05, 3.63) is 48.6 Å². The van der Waals surface area contributed by atoms with Gasteiger partial charge < -0.3 is 46.0 Å². The van der Waals surface area contributed by atoms with Gasteiger partial charge in [0.25, 0.3) is 0 Å². The van der Waals surface area contributed by atoms with Crippen LogP contribution in [0.5, 0.6) is 0 Å². The Balaban J connectivity index is 2.64. The van der Waals surface area contributed by atoms with Crippen LogP contribution >= 0.6 is 7.82 Å². The Morgan fingerprint density at radius 3 is 1.66 bits per heavy atom. The van der Waals surface area contributed by atoms with E-state index in [1.54, 1.807) is 6.08 Å². The highest BCUT2D eigenvalue weighted by Gasteiger charge is 2.51. The number of carbonyl (C=O) groups excluding carboxylic acids is 1. The van der Waals surface area contributed by atoms with Crippen LogP contribution in [0.2, 0.25) is 0 Å². The van der Waals surface area contributed by atoms with Gasteiger partial charge in [-0.05, 0) is 57.8 Å². The highest BCUT2D eigenvalue weighted by Crippen LogP contribution is 2.47. The quantitative estimate of drug-likeness (QED) is 0.0140. The molecule has 0 aromatic carbocycles. The number of amides is 1. The van der Waals surface area contributed by atoms with E-state index in [2.05, 4.69) is 55.6 Å². The average molecular weight is 846 g/mol. The second kappa shape index (κ2) is 33.9. The first-order chi connectivity index (χ1) is 27.8. The number of aliphatic hydroxyl groups excluding tert-OH is 7. The maximum Gasteiger partial charge on any atom is 0.472 e. The molecule has 13 nitrogen and oxygen atoms in total. The molecule has 0 aliphatic heterocycles. The van der Waals surface area contributed by atoms with E-state index < -0.39 is 75.2 Å². The summed E-state index contributed by atoms with van der Waals surface area (Å²) >= 11 is 0. The molecule has 14 heteroatoms. The number of rotatable bonds is 35. The lowest BCUT2D eigenvalue weighted by Crippen LogP contribution is -2.64. The topological polar surface area (TPSA) is 226 Å². The van der Waals surface area contributed by atoms with Crippen molar-refractivity contribution in [1.29, 1.82) is 0 Å². The molecule has 1 aliphatic carbocycles. The first kappa shape index (κ1) is 54.3. The fraction of sp³-hybridized carbons (Fsp3) is 0.795. The normalized spacial score (nSPS) is 24.2. The van der Waals surface area contributed by atoms with Gasteiger partial charge >= 0.3 is 7.82 Å². The number of phosphoric acid groups is 1. The number of nitrogens with one attached hydrogen (secondary N) is 1. The second-order valence-electron chi connectivity index (χ2n) is 15.7. The van der Waals surface area contributed by atoms with Crippen LogP contribution in [0.25, 0.3) is 0 Å². The lowest BCUT2D eigenvalue weighted by Gasteiger charge is -2.41. The van der Waals surface area contributed by atoms with Crippen LogP contribution in [0.1, 0.15) is 162 Å². The number of hydrogen-bond donors (Lipinski definition) is 9. The van der Waals surface area contributed by atoms with Crippen LogP contribution in [-0.4, -0.2) is 108 Å². The molecular formula is C44H80NO12P. The van der Waals surface area contributed by atoms with Crippen LogP contribution in [0.15, 0.2) is 48.6 Å². The molecule has 58 heavy (non-hydrogen) atoms. The summed E-state index contributed by atoms with van der Waals surface area (Å²) in [4.78, 5) is 23.4. The monoisotopic (exact) mass is 846 g/mol. The Labute approximate surface area is 349 Å². The van der Waals surface area contributed by atoms with Crippen molar-refractivity contribution in [2.75, 3.05) is 6.61 Å². The molecule has 0 spiro atoms. The van der Waals surface area contributed by atoms with E-state index in [0.717, 1.165) is 57.8 Å². The molecule has 1 rings (SSSR count). The maximum absolute atomic E-state index is 13.0. The van der Waals surface area contributed by atoms with Gasteiger partial charge in [0.1, 0.15) is 36.6 Å². The van der Waals surface area contributed by atoms with Crippen LogP contribution in [0.3, 0.4) is 0 Å². The molecule has 0 radical (unpaired) electrons. The van der Waals surface area contributed by atoms with Crippen LogP contribution in [-0.2, 0) is 18.4 Å². The van der Waals surface area contributed by atoms with E-state index in [9.17, 15) is 50.0 Å². The summed E-state index contributed by atoms with van der Waals surface area (Å²) in [5.41, 5.74) is 0. The Morgan fingerprint density at radius 2 is 1.07 bits per heavy atom. The summed E-state index contributed by atoms with van der Waals surface area (Å²) in [6.07, 6.45) is 24.9. The third-order valence-electron chi connectivity index (χ3n) is 10.4. The molecule has 0 heterocycles. The fourth-order valence-corrected chi connectivity index (χ4v) is 7.68. The zero-order chi connectivity index (χ0) is 43.0. The highest BCUT2D eigenvalue weighted by molar-refractivity contribution is 7.47. The van der Waals surface area contributed by atoms with Crippen molar-refractivity contribution in [2.24, 2.45) is 0 Å². The third kappa shape index (κ3) is 25.8. The smallest absolute Gasteiger partial charge is 0.393 e. The molecule has 9 N–H and O–H groups in total. The Morgan fingerprint density at radius 1 is 0.621 bits per heavy atom. The van der Waals surface area contributed by atoms with Crippen molar-refractivity contribution in [1.82, 2.24) is 5.32 Å². The molecule has 0 aromatic heterocycles. The standard InChI is InChI=1S/C44H80NO12P/c1-3-5-7-9-11-13-15-17-18-20-22-24-26-28-30-32-37(47)36(34-56-58(54,55)57-44-42(52)40(50)39(49)41(51)43(44)53)45-38(48)33-35(46)31-29-27-25-23-21-19-16-14-12-10-8-6-4-2/h12,14,16,19,22,24,30,32,35-37,39-44,46-47,49-53H,3-11,13,15,17-18,20-21,23,25-29,31,33-34H2,1-2H3,(H,45,48)(H,54,55)/b14-12-,19-16-,24-22+,32-30+. The number of carbonyl (C=O) groups is 1. The fourth-order valence-electron chi connectivity index (χ4n) is 6.72. The van der Waals surface area contributed by atoms with Crippen LogP contribution in [0, 0.1) is 0 Å². The predicted molar refractivity (Wildman–Crippen MR) is 229 cm³/mol. The van der Waals surface area contributed by atoms with Crippen molar-refractivity contribution >= 4 is 13.7 Å². The molecule has 1 saturated carbocycles. The Hall–Kier alpha value is -1.74. The van der Waals surface area contributed by atoms with Crippen LogP contribution < -0.4 is 5.32 Å². The van der Waals surface area contributed by atoms with Gasteiger partial charge in [0.2, 0.25) is 5.91 Å². The van der Waals surface area contributed by atoms with E-state index in [1.807, 2.05) is 0 Å². The summed E-state index contributed by atoms with van der Waals surface area (Å²) in [7, 11) is -5.15. The van der Waals surface area contributed by atoms with Gasteiger partial charge in [-0.25, -0.2) is 4.57 Å². The number of aliphatic hydroxyl groups is 7. The number of unbranched alkanes of at least 4 members (excludes halogenated alkanes) is 17.